The van der Waals surface area contributed by atoms with Crippen LogP contribution in [-0.4, -0.2) is 15.9 Å². The zero-order chi connectivity index (χ0) is 16.1. The summed E-state index contributed by atoms with van der Waals surface area (Å²) >= 11 is 0. The first-order chi connectivity index (χ1) is 11.2. The predicted octanol–water partition coefficient (Wildman–Crippen LogP) is 2.90. The van der Waals surface area contributed by atoms with E-state index in [9.17, 15) is 4.79 Å². The molecule has 5 nitrogen and oxygen atoms in total. The van der Waals surface area contributed by atoms with Crippen LogP contribution in [0.5, 0.6) is 0 Å². The number of pyridine rings is 1. The minimum absolute atomic E-state index is 0.0853. The third-order valence-electron chi connectivity index (χ3n) is 3.48. The lowest BCUT2D eigenvalue weighted by atomic mass is 10.2. The lowest BCUT2D eigenvalue weighted by Crippen LogP contribution is -2.24. The second-order valence-corrected chi connectivity index (χ2v) is 5.20. The Hall–Kier alpha value is -2.95. The Morgan fingerprint density at radius 1 is 1.13 bits per heavy atom. The number of aromatic nitrogens is 2. The molecule has 0 aliphatic carbocycles. The largest absolute Gasteiger partial charge is 0.441 e. The van der Waals surface area contributed by atoms with Crippen molar-refractivity contribution in [3.05, 3.63) is 71.9 Å². The van der Waals surface area contributed by atoms with Crippen molar-refractivity contribution in [3.63, 3.8) is 0 Å². The van der Waals surface area contributed by atoms with Crippen LogP contribution in [-0.2, 0) is 17.8 Å². The molecule has 1 amide bonds. The number of amides is 1. The van der Waals surface area contributed by atoms with Crippen LogP contribution in [0, 0.1) is 6.92 Å². The van der Waals surface area contributed by atoms with Gasteiger partial charge in [-0.15, -0.1) is 0 Å². The van der Waals surface area contributed by atoms with Crippen LogP contribution in [0.15, 0.2) is 59.3 Å². The molecule has 0 saturated carbocycles. The summed E-state index contributed by atoms with van der Waals surface area (Å²) in [5, 5.41) is 2.88. The summed E-state index contributed by atoms with van der Waals surface area (Å²) in [7, 11) is 0. The van der Waals surface area contributed by atoms with Gasteiger partial charge in [-0.25, -0.2) is 4.98 Å². The lowest BCUT2D eigenvalue weighted by molar-refractivity contribution is -0.120. The van der Waals surface area contributed by atoms with Crippen LogP contribution in [0.1, 0.15) is 17.0 Å². The molecule has 1 N–H and O–H groups in total. The maximum Gasteiger partial charge on any atom is 0.226 e. The van der Waals surface area contributed by atoms with Gasteiger partial charge in [0, 0.05) is 24.5 Å². The highest BCUT2D eigenvalue weighted by molar-refractivity contribution is 5.78. The summed E-state index contributed by atoms with van der Waals surface area (Å²) in [5.41, 5.74) is 2.57. The van der Waals surface area contributed by atoms with Crippen LogP contribution >= 0.6 is 0 Å². The van der Waals surface area contributed by atoms with Crippen LogP contribution in [0.3, 0.4) is 0 Å². The number of carbonyl (C=O) groups excluding carboxylic acids is 1. The van der Waals surface area contributed by atoms with Crippen molar-refractivity contribution in [1.82, 2.24) is 15.3 Å². The number of aryl methyl sites for hydroxylation is 1. The van der Waals surface area contributed by atoms with Gasteiger partial charge in [0.05, 0.1) is 12.1 Å². The standard InChI is InChI=1S/C18H17N3O2/c1-13-16(21-18(23-13)15-5-3-2-4-6-15)11-17(22)20-12-14-7-9-19-10-8-14/h2-10H,11-12H2,1H3,(H,20,22). The molecule has 0 fully saturated rings. The van der Waals surface area contributed by atoms with Gasteiger partial charge in [0.2, 0.25) is 11.8 Å². The highest BCUT2D eigenvalue weighted by atomic mass is 16.4. The number of carbonyl (C=O) groups is 1. The third-order valence-corrected chi connectivity index (χ3v) is 3.48. The average Bonchev–Trinajstić information content (AvgIpc) is 2.95. The zero-order valence-corrected chi connectivity index (χ0v) is 12.8. The summed E-state index contributed by atoms with van der Waals surface area (Å²) in [6.07, 6.45) is 3.61. The molecule has 116 valence electrons. The molecule has 0 radical (unpaired) electrons. The normalized spacial score (nSPS) is 10.5. The van der Waals surface area contributed by atoms with E-state index in [0.29, 0.717) is 23.9 Å². The highest BCUT2D eigenvalue weighted by Gasteiger charge is 2.14. The van der Waals surface area contributed by atoms with Crippen molar-refractivity contribution in [2.75, 3.05) is 0 Å². The van der Waals surface area contributed by atoms with Crippen LogP contribution in [0.25, 0.3) is 11.5 Å². The second kappa shape index (κ2) is 6.87. The number of oxazole rings is 1. The number of hydrogen-bond acceptors (Lipinski definition) is 4. The van der Waals surface area contributed by atoms with Gasteiger partial charge < -0.3 is 9.73 Å². The molecular formula is C18H17N3O2. The topological polar surface area (TPSA) is 68.0 Å². The van der Waals surface area contributed by atoms with Crippen LogP contribution < -0.4 is 5.32 Å². The molecule has 0 bridgehead atoms. The monoisotopic (exact) mass is 307 g/mol. The van der Waals surface area contributed by atoms with E-state index in [1.165, 1.54) is 0 Å². The van der Waals surface area contributed by atoms with Crippen molar-refractivity contribution in [2.45, 2.75) is 19.9 Å². The van der Waals surface area contributed by atoms with Gasteiger partial charge in [-0.2, -0.15) is 0 Å². The smallest absolute Gasteiger partial charge is 0.226 e. The van der Waals surface area contributed by atoms with E-state index in [4.69, 9.17) is 4.42 Å². The summed E-state index contributed by atoms with van der Waals surface area (Å²) in [5.74, 6) is 1.13. The minimum Gasteiger partial charge on any atom is -0.441 e. The second-order valence-electron chi connectivity index (χ2n) is 5.20. The Labute approximate surface area is 134 Å². The number of nitrogens with one attached hydrogen (secondary N) is 1. The van der Waals surface area contributed by atoms with E-state index >= 15 is 0 Å². The van der Waals surface area contributed by atoms with E-state index in [2.05, 4.69) is 15.3 Å². The quantitative estimate of drug-likeness (QED) is 0.787. The van der Waals surface area contributed by atoms with Crippen LogP contribution in [0.2, 0.25) is 0 Å². The Morgan fingerprint density at radius 3 is 2.61 bits per heavy atom. The molecule has 1 aromatic carbocycles. The van der Waals surface area contributed by atoms with E-state index in [1.807, 2.05) is 49.4 Å². The highest BCUT2D eigenvalue weighted by Crippen LogP contribution is 2.21. The lowest BCUT2D eigenvalue weighted by Gasteiger charge is -2.03. The van der Waals surface area contributed by atoms with E-state index < -0.39 is 0 Å². The third kappa shape index (κ3) is 3.83. The molecule has 23 heavy (non-hydrogen) atoms. The number of hydrogen-bond donors (Lipinski definition) is 1. The predicted molar refractivity (Wildman–Crippen MR) is 86.5 cm³/mol. The molecule has 3 aromatic rings. The SMILES string of the molecule is Cc1oc(-c2ccccc2)nc1CC(=O)NCc1ccncc1. The molecule has 0 aliphatic heterocycles. The molecule has 2 aromatic heterocycles. The molecule has 0 spiro atoms. The molecule has 0 aliphatic rings. The van der Waals surface area contributed by atoms with E-state index in [0.717, 1.165) is 11.1 Å². The molecule has 2 heterocycles. The molecule has 5 heteroatoms. The summed E-state index contributed by atoms with van der Waals surface area (Å²) in [6.45, 7) is 2.30. The van der Waals surface area contributed by atoms with E-state index in [1.54, 1.807) is 12.4 Å². The number of benzene rings is 1. The molecule has 0 unspecified atom stereocenters. The minimum atomic E-state index is -0.0853. The number of rotatable bonds is 5. The maximum atomic E-state index is 12.1. The molecule has 3 rings (SSSR count). The van der Waals surface area contributed by atoms with Gasteiger partial charge in [-0.1, -0.05) is 18.2 Å². The number of nitrogens with zero attached hydrogens (tertiary/aromatic N) is 2. The zero-order valence-electron chi connectivity index (χ0n) is 12.8. The maximum absolute atomic E-state index is 12.1. The first-order valence-electron chi connectivity index (χ1n) is 7.39. The summed E-state index contributed by atoms with van der Waals surface area (Å²) in [4.78, 5) is 20.5. The van der Waals surface area contributed by atoms with Gasteiger partial charge in [0.15, 0.2) is 0 Å². The van der Waals surface area contributed by atoms with Crippen LogP contribution in [0.4, 0.5) is 0 Å². The van der Waals surface area contributed by atoms with Gasteiger partial charge >= 0.3 is 0 Å². The van der Waals surface area contributed by atoms with Gasteiger partial charge in [0.25, 0.3) is 0 Å². The van der Waals surface area contributed by atoms with Crippen molar-refractivity contribution in [2.24, 2.45) is 0 Å². The fraction of sp³-hybridized carbons (Fsp3) is 0.167. The van der Waals surface area contributed by atoms with Gasteiger partial charge in [-0.3, -0.25) is 9.78 Å². The summed E-state index contributed by atoms with van der Waals surface area (Å²) < 4.78 is 5.66. The fourth-order valence-electron chi connectivity index (χ4n) is 2.21. The Kier molecular flexibility index (Phi) is 4.47. The van der Waals surface area contributed by atoms with Crippen molar-refractivity contribution < 1.29 is 9.21 Å². The molecule has 0 saturated heterocycles. The molecular weight excluding hydrogens is 290 g/mol. The Balaban J connectivity index is 1.64. The van der Waals surface area contributed by atoms with E-state index in [-0.39, 0.29) is 12.3 Å². The fourth-order valence-corrected chi connectivity index (χ4v) is 2.21. The van der Waals surface area contributed by atoms with Gasteiger partial charge in [-0.05, 0) is 36.8 Å². The van der Waals surface area contributed by atoms with Crippen molar-refractivity contribution in [3.8, 4) is 11.5 Å². The first-order valence-corrected chi connectivity index (χ1v) is 7.39. The van der Waals surface area contributed by atoms with Crippen molar-refractivity contribution >= 4 is 5.91 Å². The van der Waals surface area contributed by atoms with Crippen molar-refractivity contribution in [1.29, 1.82) is 0 Å². The first kappa shape index (κ1) is 15.0. The Morgan fingerprint density at radius 2 is 1.87 bits per heavy atom. The molecule has 0 atom stereocenters. The summed E-state index contributed by atoms with van der Waals surface area (Å²) in [6, 6.07) is 13.4. The van der Waals surface area contributed by atoms with Gasteiger partial charge in [0.1, 0.15) is 5.76 Å². The Bertz CT molecular complexity index is 783. The average molecular weight is 307 g/mol.